The van der Waals surface area contributed by atoms with Crippen molar-refractivity contribution in [3.63, 3.8) is 0 Å². The number of furan rings is 1. The van der Waals surface area contributed by atoms with E-state index in [2.05, 4.69) is 162 Å². The largest absolute Gasteiger partial charge is 0.456 e. The minimum Gasteiger partial charge on any atom is -0.456 e. The zero-order valence-corrected chi connectivity index (χ0v) is 30.4. The van der Waals surface area contributed by atoms with Crippen LogP contribution in [-0.4, -0.2) is 9.55 Å². The van der Waals surface area contributed by atoms with E-state index < -0.39 is 0 Å². The summed E-state index contributed by atoms with van der Waals surface area (Å²) in [6, 6.07) is 68.3. The quantitative estimate of drug-likeness (QED) is 0.154. The van der Waals surface area contributed by atoms with Crippen LogP contribution in [0.15, 0.2) is 199 Å². The van der Waals surface area contributed by atoms with Crippen LogP contribution in [0.4, 0.5) is 0 Å². The number of fused-ring (bicyclic) bond motifs is 6. The molecule has 0 saturated heterocycles. The second kappa shape index (κ2) is 13.1. The lowest BCUT2D eigenvalue weighted by atomic mass is 9.98. The Kier molecular flexibility index (Phi) is 7.49. The fourth-order valence-corrected chi connectivity index (χ4v) is 8.20. The van der Waals surface area contributed by atoms with Crippen molar-refractivity contribution in [2.45, 2.75) is 6.54 Å². The number of nitrogens with zero attached hydrogens (tertiary/aromatic N) is 4. The van der Waals surface area contributed by atoms with E-state index in [1.165, 1.54) is 21.9 Å². The van der Waals surface area contributed by atoms with Crippen molar-refractivity contribution in [1.29, 1.82) is 0 Å². The number of para-hydroxylation sites is 2. The Bertz CT molecular complexity index is 3210. The van der Waals surface area contributed by atoms with Crippen molar-refractivity contribution in [2.24, 2.45) is 0 Å². The van der Waals surface area contributed by atoms with E-state index in [4.69, 9.17) is 14.5 Å². The van der Waals surface area contributed by atoms with Gasteiger partial charge in [-0.1, -0.05) is 152 Å². The highest BCUT2D eigenvalue weighted by atomic mass is 16.3. The van der Waals surface area contributed by atoms with Gasteiger partial charge in [-0.25, -0.2) is 0 Å². The number of rotatable bonds is 7. The maximum Gasteiger partial charge on any atom is 0.136 e. The van der Waals surface area contributed by atoms with Gasteiger partial charge in [0.25, 0.3) is 0 Å². The van der Waals surface area contributed by atoms with Crippen molar-refractivity contribution in [1.82, 2.24) is 14.6 Å². The van der Waals surface area contributed by atoms with E-state index in [9.17, 15) is 0 Å². The summed E-state index contributed by atoms with van der Waals surface area (Å²) in [6.45, 7) is 0.638. The zero-order valence-electron chi connectivity index (χ0n) is 30.4. The molecule has 0 radical (unpaired) electrons. The molecule has 0 spiro atoms. The molecule has 3 aromatic heterocycles. The third-order valence-electron chi connectivity index (χ3n) is 10.8. The SMILES string of the molecule is c1ccc(C[n+]2[n-]c(-c3cccc(-c4ccc(-n5c6ccccc6c6ccc(-c7cccc8oc9ccccc9c78)cc65)cc4)c3)nc2-c2ccccc2)cc1. The van der Waals surface area contributed by atoms with Gasteiger partial charge in [0, 0.05) is 32.8 Å². The van der Waals surface area contributed by atoms with Gasteiger partial charge >= 0.3 is 0 Å². The molecule has 0 aliphatic rings. The molecule has 0 amide bonds. The molecule has 0 unspecified atom stereocenters. The van der Waals surface area contributed by atoms with E-state index in [0.717, 1.165) is 72.3 Å². The second-order valence-corrected chi connectivity index (χ2v) is 14.3. The van der Waals surface area contributed by atoms with Gasteiger partial charge in [0.1, 0.15) is 23.5 Å². The Balaban J connectivity index is 0.980. The first-order chi connectivity index (χ1) is 27.7. The molecule has 0 atom stereocenters. The summed E-state index contributed by atoms with van der Waals surface area (Å²) in [4.78, 5) is 5.09. The monoisotopic (exact) mass is 718 g/mol. The second-order valence-electron chi connectivity index (χ2n) is 14.3. The standard InChI is InChI=1S/C51H34N4O/c1-3-13-34(14-4-1)33-54-51(36-15-5-2-6-16-36)52-50(53-54)39-18-11-17-37(31-39)35-25-28-40(29-26-35)55-45-22-9-7-19-42(45)43-30-27-38(32-46(43)55)41-21-12-24-48-49(41)44-20-8-10-23-47(44)56-48/h1-32H,33H2. The average molecular weight is 719 g/mol. The van der Waals surface area contributed by atoms with Crippen LogP contribution < -0.4 is 9.78 Å². The Hall–Kier alpha value is -7.50. The lowest BCUT2D eigenvalue weighted by Crippen LogP contribution is -2.40. The molecule has 0 aliphatic heterocycles. The molecule has 3 heterocycles. The van der Waals surface area contributed by atoms with Crippen LogP contribution in [0.5, 0.6) is 0 Å². The first-order valence-corrected chi connectivity index (χ1v) is 18.9. The minimum atomic E-state index is 0.638. The zero-order chi connectivity index (χ0) is 37.0. The highest BCUT2D eigenvalue weighted by Gasteiger charge is 2.17. The third-order valence-corrected chi connectivity index (χ3v) is 10.8. The third kappa shape index (κ3) is 5.40. The Labute approximate surface area is 323 Å². The van der Waals surface area contributed by atoms with Gasteiger partial charge in [0.05, 0.1) is 11.0 Å². The van der Waals surface area contributed by atoms with Crippen molar-refractivity contribution in [3.05, 3.63) is 200 Å². The maximum absolute atomic E-state index is 6.26. The molecule has 0 N–H and O–H groups in total. The number of aromatic nitrogens is 4. The predicted octanol–water partition coefficient (Wildman–Crippen LogP) is 12.0. The van der Waals surface area contributed by atoms with Crippen LogP contribution in [0.2, 0.25) is 0 Å². The van der Waals surface area contributed by atoms with Gasteiger partial charge < -0.3 is 14.0 Å². The fourth-order valence-electron chi connectivity index (χ4n) is 8.20. The van der Waals surface area contributed by atoms with E-state index in [1.807, 2.05) is 41.1 Å². The Morgan fingerprint density at radius 2 is 1.14 bits per heavy atom. The minimum absolute atomic E-state index is 0.638. The van der Waals surface area contributed by atoms with Crippen LogP contribution in [0.3, 0.4) is 0 Å². The molecule has 0 aliphatic carbocycles. The van der Waals surface area contributed by atoms with Gasteiger partial charge in [-0.3, -0.25) is 9.78 Å². The lowest BCUT2D eigenvalue weighted by Gasteiger charge is -2.11. The molecule has 11 aromatic rings. The van der Waals surface area contributed by atoms with Crippen LogP contribution in [-0.2, 0) is 6.54 Å². The van der Waals surface area contributed by atoms with Gasteiger partial charge in [0.15, 0.2) is 0 Å². The van der Waals surface area contributed by atoms with Gasteiger partial charge in [-0.05, 0) is 81.7 Å². The summed E-state index contributed by atoms with van der Waals surface area (Å²) >= 11 is 0. The highest BCUT2D eigenvalue weighted by molar-refractivity contribution is 6.14. The fraction of sp³-hybridized carbons (Fsp3) is 0.0196. The van der Waals surface area contributed by atoms with E-state index >= 15 is 0 Å². The van der Waals surface area contributed by atoms with Crippen LogP contribution in [0.1, 0.15) is 5.56 Å². The molecule has 11 rings (SSSR count). The normalized spacial score (nSPS) is 11.6. The molecule has 0 fully saturated rings. The van der Waals surface area contributed by atoms with Crippen LogP contribution >= 0.6 is 0 Å². The summed E-state index contributed by atoms with van der Waals surface area (Å²) in [6.07, 6.45) is 0. The van der Waals surface area contributed by atoms with Crippen molar-refractivity contribution in [3.8, 4) is 50.7 Å². The molecular weight excluding hydrogens is 685 g/mol. The summed E-state index contributed by atoms with van der Waals surface area (Å²) in [5.74, 6) is 1.56. The van der Waals surface area contributed by atoms with E-state index in [0.29, 0.717) is 12.4 Å². The van der Waals surface area contributed by atoms with Crippen molar-refractivity contribution >= 4 is 43.7 Å². The molecule has 0 bridgehead atoms. The topological polar surface area (TPSA) is 48.9 Å². The van der Waals surface area contributed by atoms with Crippen LogP contribution in [0, 0.1) is 0 Å². The van der Waals surface area contributed by atoms with Gasteiger partial charge in [0.2, 0.25) is 0 Å². The Morgan fingerprint density at radius 3 is 2.00 bits per heavy atom. The molecule has 8 aromatic carbocycles. The van der Waals surface area contributed by atoms with Gasteiger partial charge in [-0.2, -0.15) is 0 Å². The lowest BCUT2D eigenvalue weighted by molar-refractivity contribution is -0.737. The van der Waals surface area contributed by atoms with Crippen molar-refractivity contribution < 1.29 is 9.10 Å². The van der Waals surface area contributed by atoms with E-state index in [1.54, 1.807) is 0 Å². The number of hydrogen-bond acceptors (Lipinski definition) is 2. The first kappa shape index (κ1) is 32.0. The Morgan fingerprint density at radius 1 is 0.482 bits per heavy atom. The smallest absolute Gasteiger partial charge is 0.136 e. The summed E-state index contributed by atoms with van der Waals surface area (Å²) < 4.78 is 10.7. The summed E-state index contributed by atoms with van der Waals surface area (Å²) in [7, 11) is 0. The van der Waals surface area contributed by atoms with Crippen LogP contribution in [0.25, 0.3) is 94.5 Å². The number of hydrogen-bond donors (Lipinski definition) is 0. The number of benzene rings is 8. The highest BCUT2D eigenvalue weighted by Crippen LogP contribution is 2.40. The summed E-state index contributed by atoms with van der Waals surface area (Å²) in [5.41, 5.74) is 13.0. The maximum atomic E-state index is 6.26. The molecular formula is C51H34N4O. The van der Waals surface area contributed by atoms with Gasteiger partial charge in [-0.15, -0.1) is 0 Å². The van der Waals surface area contributed by atoms with Crippen molar-refractivity contribution in [2.75, 3.05) is 0 Å². The first-order valence-electron chi connectivity index (χ1n) is 18.9. The molecule has 56 heavy (non-hydrogen) atoms. The van der Waals surface area contributed by atoms with E-state index in [-0.39, 0.29) is 0 Å². The average Bonchev–Trinajstić information content (AvgIpc) is 3.96. The molecule has 5 nitrogen and oxygen atoms in total. The molecule has 264 valence electrons. The molecule has 5 heteroatoms. The summed E-state index contributed by atoms with van der Waals surface area (Å²) in [5, 5.41) is 9.77. The predicted molar refractivity (Wildman–Crippen MR) is 227 cm³/mol. The molecule has 0 saturated carbocycles.